The first kappa shape index (κ1) is 22.6. The van der Waals surface area contributed by atoms with Crippen LogP contribution in [0.25, 0.3) is 32.7 Å². The molecule has 3 aromatic heterocycles. The first-order valence-electron chi connectivity index (χ1n) is 9.98. The largest absolute Gasteiger partial charge is 0.497 e. The van der Waals surface area contributed by atoms with Gasteiger partial charge in [0.2, 0.25) is 0 Å². The number of nitrogen functional groups attached to an aromatic ring is 1. The van der Waals surface area contributed by atoms with E-state index in [4.69, 9.17) is 38.7 Å². The highest BCUT2D eigenvalue weighted by atomic mass is 35.5. The lowest BCUT2D eigenvalue weighted by atomic mass is 10.1. The number of thiazole rings is 1. The fraction of sp³-hybridized carbons (Fsp3) is 0.0417. The van der Waals surface area contributed by atoms with Gasteiger partial charge in [0.1, 0.15) is 15.5 Å². The summed E-state index contributed by atoms with van der Waals surface area (Å²) in [5.41, 5.74) is 9.92. The van der Waals surface area contributed by atoms with Crippen molar-refractivity contribution in [1.82, 2.24) is 9.97 Å². The molecule has 0 aliphatic carbocycles. The maximum Gasteiger partial charge on any atom is 0.269 e. The Balaban J connectivity index is 1.39. The Labute approximate surface area is 213 Å². The van der Waals surface area contributed by atoms with E-state index < -0.39 is 0 Å². The zero-order valence-electron chi connectivity index (χ0n) is 17.6. The van der Waals surface area contributed by atoms with Gasteiger partial charge >= 0.3 is 0 Å². The third kappa shape index (κ3) is 4.33. The van der Waals surface area contributed by atoms with E-state index in [-0.39, 0.29) is 5.91 Å². The lowest BCUT2D eigenvalue weighted by molar-refractivity contribution is 0.103. The van der Waals surface area contributed by atoms with Crippen LogP contribution in [-0.2, 0) is 0 Å². The number of benzene rings is 2. The predicted molar refractivity (Wildman–Crippen MR) is 142 cm³/mol. The first-order valence-corrected chi connectivity index (χ1v) is 12.4. The van der Waals surface area contributed by atoms with Crippen LogP contribution in [0.3, 0.4) is 0 Å². The molecule has 0 unspecified atom stereocenters. The van der Waals surface area contributed by atoms with Gasteiger partial charge < -0.3 is 10.5 Å². The van der Waals surface area contributed by atoms with Crippen molar-refractivity contribution in [3.8, 4) is 28.3 Å². The average molecular weight is 527 g/mol. The minimum Gasteiger partial charge on any atom is -0.497 e. The van der Waals surface area contributed by atoms with Crippen molar-refractivity contribution in [1.29, 1.82) is 0 Å². The topological polar surface area (TPSA) is 90.1 Å². The van der Waals surface area contributed by atoms with Gasteiger partial charge in [0.25, 0.3) is 5.91 Å². The number of halogens is 2. The van der Waals surface area contributed by atoms with E-state index in [0.29, 0.717) is 36.3 Å². The molecule has 0 aliphatic heterocycles. The summed E-state index contributed by atoms with van der Waals surface area (Å²) in [7, 11) is 1.63. The summed E-state index contributed by atoms with van der Waals surface area (Å²) in [5.74, 6) is 0.440. The van der Waals surface area contributed by atoms with Crippen LogP contribution >= 0.6 is 45.9 Å². The van der Waals surface area contributed by atoms with Crippen LogP contribution in [-0.4, -0.2) is 23.0 Å². The van der Waals surface area contributed by atoms with Crippen LogP contribution < -0.4 is 15.8 Å². The standard InChI is InChI=1S/C24H16Cl2N4O2S2/c1-32-14-5-2-12(3-6-14)18-9-7-15-20(27)21(34-23(15)28-18)22(31)30-24-29-19(11-33-24)13-4-8-16(25)17(26)10-13/h2-11H,27H2,1H3,(H,29,30,31). The highest BCUT2D eigenvalue weighted by Gasteiger charge is 2.19. The molecule has 0 fully saturated rings. The summed E-state index contributed by atoms with van der Waals surface area (Å²) in [5, 5.41) is 6.78. The summed E-state index contributed by atoms with van der Waals surface area (Å²) in [6.45, 7) is 0. The Morgan fingerprint density at radius 1 is 0.971 bits per heavy atom. The Bertz CT molecular complexity index is 1530. The normalized spacial score (nSPS) is 11.0. The second-order valence-electron chi connectivity index (χ2n) is 7.24. The third-order valence-electron chi connectivity index (χ3n) is 5.13. The molecule has 34 heavy (non-hydrogen) atoms. The zero-order valence-corrected chi connectivity index (χ0v) is 20.8. The molecule has 6 nitrogen and oxygen atoms in total. The van der Waals surface area contributed by atoms with E-state index in [2.05, 4.69) is 10.3 Å². The molecule has 5 rings (SSSR count). The third-order valence-corrected chi connectivity index (χ3v) is 7.74. The monoisotopic (exact) mass is 526 g/mol. The molecule has 170 valence electrons. The van der Waals surface area contributed by atoms with Gasteiger partial charge in [0.05, 0.1) is 34.2 Å². The van der Waals surface area contributed by atoms with Gasteiger partial charge in [-0.1, -0.05) is 29.3 Å². The molecule has 10 heteroatoms. The SMILES string of the molecule is COc1ccc(-c2ccc3c(N)c(C(=O)Nc4nc(-c5ccc(Cl)c(Cl)c5)cs4)sc3n2)cc1. The van der Waals surface area contributed by atoms with Crippen molar-refractivity contribution in [2.24, 2.45) is 0 Å². The number of nitrogens with two attached hydrogens (primary N) is 1. The van der Waals surface area contributed by atoms with E-state index in [1.165, 1.54) is 22.7 Å². The molecule has 0 atom stereocenters. The van der Waals surface area contributed by atoms with E-state index in [0.717, 1.165) is 28.0 Å². The molecule has 3 N–H and O–H groups in total. The molecule has 0 spiro atoms. The Kier molecular flexibility index (Phi) is 6.14. The van der Waals surface area contributed by atoms with Crippen LogP contribution in [0.2, 0.25) is 10.0 Å². The number of nitrogens with one attached hydrogen (secondary N) is 1. The molecule has 0 saturated heterocycles. The number of fused-ring (bicyclic) bond motifs is 1. The minimum atomic E-state index is -0.332. The van der Waals surface area contributed by atoms with Crippen LogP contribution in [0.5, 0.6) is 5.75 Å². The number of hydrogen-bond acceptors (Lipinski definition) is 7. The van der Waals surface area contributed by atoms with Gasteiger partial charge in [-0.2, -0.15) is 0 Å². The van der Waals surface area contributed by atoms with Crippen molar-refractivity contribution in [2.45, 2.75) is 0 Å². The fourth-order valence-corrected chi connectivity index (χ4v) is 5.36. The number of pyridine rings is 1. The molecular weight excluding hydrogens is 511 g/mol. The van der Waals surface area contributed by atoms with E-state index in [1.54, 1.807) is 19.2 Å². The van der Waals surface area contributed by atoms with Gasteiger partial charge in [0.15, 0.2) is 5.13 Å². The number of thiophene rings is 1. The number of carbonyl (C=O) groups is 1. The number of methoxy groups -OCH3 is 1. The maximum atomic E-state index is 13.0. The molecule has 0 bridgehead atoms. The van der Waals surface area contributed by atoms with Gasteiger partial charge in [-0.25, -0.2) is 9.97 Å². The number of amides is 1. The summed E-state index contributed by atoms with van der Waals surface area (Å²) in [6, 6.07) is 16.7. The number of carbonyl (C=O) groups excluding carboxylic acids is 1. The number of anilines is 2. The van der Waals surface area contributed by atoms with Gasteiger partial charge in [0, 0.05) is 21.9 Å². The van der Waals surface area contributed by atoms with Crippen LogP contribution in [0.1, 0.15) is 9.67 Å². The van der Waals surface area contributed by atoms with Crippen molar-refractivity contribution >= 4 is 72.8 Å². The van der Waals surface area contributed by atoms with E-state index in [9.17, 15) is 4.79 Å². The highest BCUT2D eigenvalue weighted by molar-refractivity contribution is 7.21. The van der Waals surface area contributed by atoms with Crippen LogP contribution in [0.15, 0.2) is 60.0 Å². The lowest BCUT2D eigenvalue weighted by Gasteiger charge is -2.03. The Morgan fingerprint density at radius 3 is 2.47 bits per heavy atom. The average Bonchev–Trinajstić information content (AvgIpc) is 3.45. The summed E-state index contributed by atoms with van der Waals surface area (Å²) >= 11 is 14.7. The molecule has 0 aliphatic rings. The minimum absolute atomic E-state index is 0.332. The number of hydrogen-bond donors (Lipinski definition) is 2. The zero-order chi connectivity index (χ0) is 23.8. The second-order valence-corrected chi connectivity index (χ2v) is 9.92. The number of nitrogens with zero attached hydrogens (tertiary/aromatic N) is 2. The van der Waals surface area contributed by atoms with Crippen molar-refractivity contribution in [3.63, 3.8) is 0 Å². The van der Waals surface area contributed by atoms with Gasteiger partial charge in [-0.3, -0.25) is 10.1 Å². The maximum absolute atomic E-state index is 13.0. The van der Waals surface area contributed by atoms with Gasteiger partial charge in [-0.15, -0.1) is 22.7 Å². The smallest absolute Gasteiger partial charge is 0.269 e. The fourth-order valence-electron chi connectivity index (χ4n) is 3.36. The Morgan fingerprint density at radius 2 is 1.74 bits per heavy atom. The number of rotatable bonds is 5. The predicted octanol–water partition coefficient (Wildman–Crippen LogP) is 7.24. The van der Waals surface area contributed by atoms with Crippen LogP contribution in [0.4, 0.5) is 10.8 Å². The molecule has 2 aromatic carbocycles. The molecule has 5 aromatic rings. The molecule has 1 amide bonds. The quantitative estimate of drug-likeness (QED) is 0.252. The van der Waals surface area contributed by atoms with Crippen molar-refractivity contribution in [2.75, 3.05) is 18.2 Å². The molecular formula is C24H16Cl2N4O2S2. The number of aromatic nitrogens is 2. The summed E-state index contributed by atoms with van der Waals surface area (Å²) in [4.78, 5) is 23.3. The molecule has 0 saturated carbocycles. The molecule has 3 heterocycles. The van der Waals surface area contributed by atoms with Crippen molar-refractivity contribution < 1.29 is 9.53 Å². The highest BCUT2D eigenvalue weighted by Crippen LogP contribution is 2.36. The lowest BCUT2D eigenvalue weighted by Crippen LogP contribution is -2.11. The Hall–Kier alpha value is -3.17. The van der Waals surface area contributed by atoms with Crippen molar-refractivity contribution in [3.05, 3.63) is 74.9 Å². The summed E-state index contributed by atoms with van der Waals surface area (Å²) in [6.07, 6.45) is 0. The first-order chi connectivity index (χ1) is 16.4. The summed E-state index contributed by atoms with van der Waals surface area (Å²) < 4.78 is 5.21. The molecule has 0 radical (unpaired) electrons. The van der Waals surface area contributed by atoms with E-state index in [1.807, 2.05) is 47.8 Å². The number of ether oxygens (including phenoxy) is 1. The van der Waals surface area contributed by atoms with E-state index >= 15 is 0 Å². The van der Waals surface area contributed by atoms with Gasteiger partial charge in [-0.05, 0) is 48.5 Å². The second kappa shape index (κ2) is 9.23. The van der Waals surface area contributed by atoms with Crippen LogP contribution in [0, 0.1) is 0 Å².